The number of carbonyl (C=O) groups is 1. The van der Waals surface area contributed by atoms with Crippen LogP contribution in [0.3, 0.4) is 0 Å². The molecule has 1 aliphatic heterocycles. The van der Waals surface area contributed by atoms with Gasteiger partial charge in [0.25, 0.3) is 0 Å². The van der Waals surface area contributed by atoms with E-state index in [0.29, 0.717) is 19.6 Å². The SMILES string of the molecule is CCCCCOC(=O)CCN1Nc2cccc(O)c2N1C(C)(C)C. The molecule has 0 saturated carbocycles. The normalized spacial score (nSPS) is 14.4. The van der Waals surface area contributed by atoms with Gasteiger partial charge in [-0.25, -0.2) is 0 Å². The lowest BCUT2D eigenvalue weighted by Crippen LogP contribution is -2.52. The number of phenols is 1. The number of para-hydroxylation sites is 1. The smallest absolute Gasteiger partial charge is 0.307 e. The highest BCUT2D eigenvalue weighted by Gasteiger charge is 2.37. The third-order valence-electron chi connectivity index (χ3n) is 3.89. The van der Waals surface area contributed by atoms with E-state index in [0.717, 1.165) is 30.6 Å². The van der Waals surface area contributed by atoms with E-state index in [9.17, 15) is 9.90 Å². The van der Waals surface area contributed by atoms with Crippen LogP contribution >= 0.6 is 0 Å². The molecule has 2 rings (SSSR count). The van der Waals surface area contributed by atoms with Crippen LogP contribution in [0, 0.1) is 0 Å². The van der Waals surface area contributed by atoms with Crippen molar-refractivity contribution in [2.75, 3.05) is 23.6 Å². The highest BCUT2D eigenvalue weighted by molar-refractivity contribution is 5.80. The molecular formula is C18H29N3O3. The maximum absolute atomic E-state index is 11.9. The topological polar surface area (TPSA) is 65.0 Å². The van der Waals surface area contributed by atoms with Gasteiger partial charge in [0, 0.05) is 6.54 Å². The summed E-state index contributed by atoms with van der Waals surface area (Å²) in [5.41, 5.74) is 4.58. The molecule has 1 aromatic carbocycles. The molecule has 2 N–H and O–H groups in total. The number of carbonyl (C=O) groups excluding carboxylic acids is 1. The van der Waals surface area contributed by atoms with Gasteiger partial charge in [0.1, 0.15) is 11.4 Å². The minimum Gasteiger partial charge on any atom is -0.506 e. The van der Waals surface area contributed by atoms with E-state index >= 15 is 0 Å². The Labute approximate surface area is 144 Å². The fraction of sp³-hybridized carbons (Fsp3) is 0.611. The molecule has 0 aromatic heterocycles. The number of nitrogens with zero attached hydrogens (tertiary/aromatic N) is 2. The molecule has 6 nitrogen and oxygen atoms in total. The lowest BCUT2D eigenvalue weighted by atomic mass is 10.1. The Morgan fingerprint density at radius 2 is 2.04 bits per heavy atom. The number of hydrogen-bond donors (Lipinski definition) is 2. The second kappa shape index (κ2) is 7.75. The Morgan fingerprint density at radius 3 is 2.71 bits per heavy atom. The van der Waals surface area contributed by atoms with E-state index in [1.165, 1.54) is 0 Å². The van der Waals surface area contributed by atoms with Crippen LogP contribution in [0.25, 0.3) is 0 Å². The van der Waals surface area contributed by atoms with E-state index in [4.69, 9.17) is 4.74 Å². The van der Waals surface area contributed by atoms with Gasteiger partial charge < -0.3 is 9.84 Å². The largest absolute Gasteiger partial charge is 0.506 e. The van der Waals surface area contributed by atoms with Crippen molar-refractivity contribution in [2.45, 2.75) is 58.9 Å². The second-order valence-electron chi connectivity index (χ2n) is 7.07. The van der Waals surface area contributed by atoms with E-state index in [2.05, 4.69) is 33.1 Å². The fourth-order valence-electron chi connectivity index (χ4n) is 2.81. The molecule has 6 heteroatoms. The zero-order chi connectivity index (χ0) is 17.7. The summed E-state index contributed by atoms with van der Waals surface area (Å²) in [6.45, 7) is 9.27. The maximum Gasteiger partial charge on any atom is 0.307 e. The van der Waals surface area contributed by atoms with E-state index in [-0.39, 0.29) is 17.3 Å². The third-order valence-corrected chi connectivity index (χ3v) is 3.89. The van der Waals surface area contributed by atoms with Crippen molar-refractivity contribution in [3.63, 3.8) is 0 Å². The summed E-state index contributed by atoms with van der Waals surface area (Å²) >= 11 is 0. The van der Waals surface area contributed by atoms with Crippen molar-refractivity contribution in [1.29, 1.82) is 0 Å². The van der Waals surface area contributed by atoms with Gasteiger partial charge in [0.15, 0.2) is 0 Å². The van der Waals surface area contributed by atoms with Crippen LogP contribution in [-0.4, -0.2) is 34.9 Å². The number of hydrogen-bond acceptors (Lipinski definition) is 6. The van der Waals surface area contributed by atoms with Crippen molar-refractivity contribution in [1.82, 2.24) is 5.12 Å². The van der Waals surface area contributed by atoms with Crippen LogP contribution in [0.2, 0.25) is 0 Å². The molecule has 134 valence electrons. The Kier molecular flexibility index (Phi) is 5.94. The summed E-state index contributed by atoms with van der Waals surface area (Å²) < 4.78 is 5.26. The molecule has 1 aromatic rings. The molecule has 1 aliphatic rings. The molecule has 0 unspecified atom stereocenters. The van der Waals surface area contributed by atoms with Crippen LogP contribution in [0.5, 0.6) is 5.75 Å². The van der Waals surface area contributed by atoms with Crippen molar-refractivity contribution in [2.24, 2.45) is 0 Å². The first-order chi connectivity index (χ1) is 11.3. The summed E-state index contributed by atoms with van der Waals surface area (Å²) in [7, 11) is 0. The standard InChI is InChI=1S/C18H29N3O3/c1-5-6-7-13-24-16(23)11-12-20-19-14-9-8-10-15(22)17(14)21(20)18(2,3)4/h8-10,19,22H,5-7,11-13H2,1-4H3. The zero-order valence-corrected chi connectivity index (χ0v) is 15.1. The predicted molar refractivity (Wildman–Crippen MR) is 95.8 cm³/mol. The van der Waals surface area contributed by atoms with Crippen LogP contribution in [0.4, 0.5) is 11.4 Å². The number of ether oxygens (including phenoxy) is 1. The van der Waals surface area contributed by atoms with E-state index in [1.54, 1.807) is 12.1 Å². The molecule has 0 spiro atoms. The molecule has 0 fully saturated rings. The third kappa shape index (κ3) is 4.32. The number of benzene rings is 1. The first kappa shape index (κ1) is 18.4. The minimum atomic E-state index is -0.248. The molecule has 24 heavy (non-hydrogen) atoms. The van der Waals surface area contributed by atoms with Gasteiger partial charge >= 0.3 is 5.97 Å². The van der Waals surface area contributed by atoms with Crippen molar-refractivity contribution >= 4 is 17.3 Å². The van der Waals surface area contributed by atoms with Crippen LogP contribution in [-0.2, 0) is 9.53 Å². The van der Waals surface area contributed by atoms with Gasteiger partial charge in [-0.15, -0.1) is 5.12 Å². The highest BCUT2D eigenvalue weighted by Crippen LogP contribution is 2.44. The number of nitrogens with one attached hydrogen (secondary N) is 1. The quantitative estimate of drug-likeness (QED) is 0.585. The summed E-state index contributed by atoms with van der Waals surface area (Å²) in [5.74, 6) is 0.0292. The van der Waals surface area contributed by atoms with Gasteiger partial charge in [0.05, 0.1) is 24.3 Å². The number of anilines is 2. The summed E-state index contributed by atoms with van der Waals surface area (Å²) in [5, 5.41) is 14.1. The molecule has 0 radical (unpaired) electrons. The first-order valence-corrected chi connectivity index (χ1v) is 8.66. The summed E-state index contributed by atoms with van der Waals surface area (Å²) in [4.78, 5) is 11.9. The number of phenolic OH excluding ortho intramolecular Hbond substituents is 1. The fourth-order valence-corrected chi connectivity index (χ4v) is 2.81. The number of hydrazine groups is 2. The summed E-state index contributed by atoms with van der Waals surface area (Å²) in [6, 6.07) is 5.38. The van der Waals surface area contributed by atoms with Crippen molar-refractivity contribution in [3.8, 4) is 5.75 Å². The average Bonchev–Trinajstić information content (AvgIpc) is 2.89. The maximum atomic E-state index is 11.9. The monoisotopic (exact) mass is 335 g/mol. The molecule has 0 amide bonds. The van der Waals surface area contributed by atoms with Crippen LogP contribution in [0.1, 0.15) is 53.4 Å². The van der Waals surface area contributed by atoms with Crippen molar-refractivity contribution < 1.29 is 14.6 Å². The van der Waals surface area contributed by atoms with Gasteiger partial charge in [-0.2, -0.15) is 0 Å². The first-order valence-electron chi connectivity index (χ1n) is 8.66. The Hall–Kier alpha value is -1.95. The molecule has 1 heterocycles. The molecule has 0 saturated heterocycles. The average molecular weight is 335 g/mol. The van der Waals surface area contributed by atoms with Crippen molar-refractivity contribution in [3.05, 3.63) is 18.2 Å². The highest BCUT2D eigenvalue weighted by atomic mass is 16.5. The van der Waals surface area contributed by atoms with Gasteiger partial charge in [-0.1, -0.05) is 25.8 Å². The Morgan fingerprint density at radius 1 is 1.29 bits per heavy atom. The lowest BCUT2D eigenvalue weighted by Gasteiger charge is -2.39. The minimum absolute atomic E-state index is 0.193. The molecule has 0 aliphatic carbocycles. The zero-order valence-electron chi connectivity index (χ0n) is 15.1. The van der Waals surface area contributed by atoms with Crippen LogP contribution in [0.15, 0.2) is 18.2 Å². The van der Waals surface area contributed by atoms with E-state index in [1.807, 2.05) is 16.2 Å². The number of esters is 1. The summed E-state index contributed by atoms with van der Waals surface area (Å²) in [6.07, 6.45) is 3.39. The molecule has 0 atom stereocenters. The van der Waals surface area contributed by atoms with Gasteiger partial charge in [-0.05, 0) is 39.3 Å². The van der Waals surface area contributed by atoms with E-state index < -0.39 is 0 Å². The number of unbranched alkanes of at least 4 members (excludes halogenated alkanes) is 2. The Bertz CT molecular complexity index is 569. The number of fused-ring (bicyclic) bond motifs is 1. The molecule has 0 bridgehead atoms. The number of rotatable bonds is 7. The predicted octanol–water partition coefficient (Wildman–Crippen LogP) is 3.68. The lowest BCUT2D eigenvalue weighted by molar-refractivity contribution is -0.144. The van der Waals surface area contributed by atoms with Crippen LogP contribution < -0.4 is 10.4 Å². The molecular weight excluding hydrogens is 306 g/mol. The van der Waals surface area contributed by atoms with Gasteiger partial charge in [0.2, 0.25) is 0 Å². The number of aromatic hydroxyl groups is 1. The second-order valence-corrected chi connectivity index (χ2v) is 7.07. The Balaban J connectivity index is 1.98. The van der Waals surface area contributed by atoms with Gasteiger partial charge in [-0.3, -0.25) is 15.2 Å².